The molecule has 1 saturated heterocycles. The molecule has 1 fully saturated rings. The van der Waals surface area contributed by atoms with Gasteiger partial charge in [-0.1, -0.05) is 0 Å². The van der Waals surface area contributed by atoms with Crippen molar-refractivity contribution in [1.29, 1.82) is 0 Å². The smallest absolute Gasteiger partial charge is 0.261 e. The van der Waals surface area contributed by atoms with E-state index >= 15 is 0 Å². The summed E-state index contributed by atoms with van der Waals surface area (Å²) in [6.07, 6.45) is 3.33. The van der Waals surface area contributed by atoms with E-state index in [9.17, 15) is 4.79 Å². The Morgan fingerprint density at radius 3 is 2.88 bits per heavy atom. The number of amides is 1. The predicted octanol–water partition coefficient (Wildman–Crippen LogP) is 1.21. The van der Waals surface area contributed by atoms with Crippen molar-refractivity contribution in [1.82, 2.24) is 24.9 Å². The average molecular weight is 331 g/mol. The van der Waals surface area contributed by atoms with Crippen LogP contribution in [0.4, 0.5) is 0 Å². The molecule has 2 aromatic heterocycles. The summed E-state index contributed by atoms with van der Waals surface area (Å²) in [6, 6.07) is 3.65. The summed E-state index contributed by atoms with van der Waals surface area (Å²) in [5, 5.41) is 12.1. The topological polar surface area (TPSA) is 82.4 Å². The van der Waals surface area contributed by atoms with Crippen LogP contribution in [0.2, 0.25) is 0 Å². The van der Waals surface area contributed by atoms with E-state index < -0.39 is 0 Å². The van der Waals surface area contributed by atoms with Crippen LogP contribution in [0.15, 0.2) is 18.3 Å². The lowest BCUT2D eigenvalue weighted by Gasteiger charge is -2.32. The van der Waals surface area contributed by atoms with Crippen molar-refractivity contribution in [3.05, 3.63) is 29.6 Å². The molecular weight excluding hydrogens is 310 g/mol. The van der Waals surface area contributed by atoms with E-state index in [0.29, 0.717) is 30.4 Å². The second-order valence-electron chi connectivity index (χ2n) is 5.87. The fourth-order valence-corrected chi connectivity index (χ4v) is 2.78. The maximum Gasteiger partial charge on any atom is 0.261 e. The van der Waals surface area contributed by atoms with Gasteiger partial charge in [0.1, 0.15) is 11.7 Å². The Balaban J connectivity index is 1.68. The third-order valence-electron chi connectivity index (χ3n) is 3.94. The maximum absolute atomic E-state index is 12.7. The second kappa shape index (κ2) is 6.86. The Morgan fingerprint density at radius 1 is 1.33 bits per heavy atom. The first kappa shape index (κ1) is 16.2. The van der Waals surface area contributed by atoms with Crippen LogP contribution in [-0.4, -0.2) is 57.1 Å². The minimum absolute atomic E-state index is 0.0942. The minimum atomic E-state index is -0.0950. The molecule has 1 aliphatic rings. The quantitative estimate of drug-likeness (QED) is 0.837. The van der Waals surface area contributed by atoms with Crippen molar-refractivity contribution in [3.8, 4) is 11.8 Å². The first-order valence-electron chi connectivity index (χ1n) is 7.90. The summed E-state index contributed by atoms with van der Waals surface area (Å²) in [5.74, 6) is 0.733. The number of hydrogen-bond donors (Lipinski definition) is 0. The second-order valence-corrected chi connectivity index (χ2v) is 5.87. The number of methoxy groups -OCH3 is 1. The summed E-state index contributed by atoms with van der Waals surface area (Å²) in [5.41, 5.74) is 1.31. The van der Waals surface area contributed by atoms with E-state index in [-0.39, 0.29) is 12.0 Å². The molecule has 128 valence electrons. The standard InChI is InChI=1S/C16H21N5O3/c1-11-6-7-14(18-17-11)24-12-5-4-8-21(9-12)16(22)13-10-20(2)19-15(13)23-3/h6-7,10,12H,4-5,8-9H2,1-3H3/t12-/m1/s1. The van der Waals surface area contributed by atoms with Crippen molar-refractivity contribution in [3.63, 3.8) is 0 Å². The largest absolute Gasteiger partial charge is 0.479 e. The zero-order chi connectivity index (χ0) is 17.1. The number of aryl methyl sites for hydroxylation is 2. The molecule has 0 aromatic carbocycles. The average Bonchev–Trinajstić information content (AvgIpc) is 2.97. The van der Waals surface area contributed by atoms with Crippen LogP contribution in [0, 0.1) is 6.92 Å². The van der Waals surface area contributed by atoms with Crippen LogP contribution < -0.4 is 9.47 Å². The molecule has 0 N–H and O–H groups in total. The first-order chi connectivity index (χ1) is 11.6. The molecule has 8 nitrogen and oxygen atoms in total. The van der Waals surface area contributed by atoms with Crippen LogP contribution in [0.25, 0.3) is 0 Å². The van der Waals surface area contributed by atoms with Gasteiger partial charge in [-0.25, -0.2) is 0 Å². The number of carbonyl (C=O) groups is 1. The van der Waals surface area contributed by atoms with Crippen molar-refractivity contribution >= 4 is 5.91 Å². The van der Waals surface area contributed by atoms with Crippen LogP contribution in [0.1, 0.15) is 28.9 Å². The van der Waals surface area contributed by atoms with Gasteiger partial charge in [0.25, 0.3) is 5.91 Å². The highest BCUT2D eigenvalue weighted by atomic mass is 16.5. The molecule has 0 unspecified atom stereocenters. The van der Waals surface area contributed by atoms with Gasteiger partial charge in [-0.15, -0.1) is 10.2 Å². The van der Waals surface area contributed by atoms with Gasteiger partial charge >= 0.3 is 0 Å². The Bertz CT molecular complexity index is 713. The normalized spacial score (nSPS) is 17.6. The van der Waals surface area contributed by atoms with Crippen molar-refractivity contribution in [2.75, 3.05) is 20.2 Å². The van der Waals surface area contributed by atoms with Gasteiger partial charge in [-0.05, 0) is 25.8 Å². The van der Waals surface area contributed by atoms with E-state index in [1.807, 2.05) is 13.0 Å². The van der Waals surface area contributed by atoms with Crippen LogP contribution >= 0.6 is 0 Å². The van der Waals surface area contributed by atoms with E-state index in [1.54, 1.807) is 28.9 Å². The van der Waals surface area contributed by atoms with Crippen LogP contribution in [-0.2, 0) is 7.05 Å². The zero-order valence-electron chi connectivity index (χ0n) is 14.1. The van der Waals surface area contributed by atoms with E-state index in [4.69, 9.17) is 9.47 Å². The molecule has 1 atom stereocenters. The molecule has 0 radical (unpaired) electrons. The molecule has 3 heterocycles. The number of rotatable bonds is 4. The monoisotopic (exact) mass is 331 g/mol. The molecule has 0 bridgehead atoms. The SMILES string of the molecule is COc1nn(C)cc1C(=O)N1CCC[C@@H](Oc2ccc(C)nn2)C1. The van der Waals surface area contributed by atoms with Crippen molar-refractivity contribution in [2.45, 2.75) is 25.9 Å². The molecule has 2 aromatic rings. The molecular formula is C16H21N5O3. The lowest BCUT2D eigenvalue weighted by Crippen LogP contribution is -2.44. The molecule has 1 aliphatic heterocycles. The number of piperidine rings is 1. The van der Waals surface area contributed by atoms with Crippen LogP contribution in [0.3, 0.4) is 0 Å². The molecule has 1 amide bonds. The molecule has 3 rings (SSSR count). The van der Waals surface area contributed by atoms with Crippen LogP contribution in [0.5, 0.6) is 11.8 Å². The zero-order valence-corrected chi connectivity index (χ0v) is 14.1. The lowest BCUT2D eigenvalue weighted by molar-refractivity contribution is 0.0522. The summed E-state index contributed by atoms with van der Waals surface area (Å²) in [4.78, 5) is 14.5. The Hall–Kier alpha value is -2.64. The summed E-state index contributed by atoms with van der Waals surface area (Å²) < 4.78 is 12.6. The number of nitrogens with zero attached hydrogens (tertiary/aromatic N) is 5. The fourth-order valence-electron chi connectivity index (χ4n) is 2.78. The number of hydrogen-bond acceptors (Lipinski definition) is 6. The molecule has 0 saturated carbocycles. The molecule has 8 heteroatoms. The first-order valence-corrected chi connectivity index (χ1v) is 7.90. The van der Waals surface area contributed by atoms with Crippen molar-refractivity contribution in [2.24, 2.45) is 7.05 Å². The Kier molecular flexibility index (Phi) is 4.64. The number of carbonyl (C=O) groups excluding carboxylic acids is 1. The predicted molar refractivity (Wildman–Crippen MR) is 86.1 cm³/mol. The van der Waals surface area contributed by atoms with Crippen molar-refractivity contribution < 1.29 is 14.3 Å². The summed E-state index contributed by atoms with van der Waals surface area (Å²) in [6.45, 7) is 3.07. The van der Waals surface area contributed by atoms with Gasteiger partial charge in [-0.3, -0.25) is 9.48 Å². The van der Waals surface area contributed by atoms with Gasteiger partial charge in [0.15, 0.2) is 0 Å². The highest BCUT2D eigenvalue weighted by molar-refractivity contribution is 5.96. The summed E-state index contributed by atoms with van der Waals surface area (Å²) in [7, 11) is 3.27. The number of likely N-dealkylation sites (tertiary alicyclic amines) is 1. The Labute approximate surface area is 140 Å². The maximum atomic E-state index is 12.7. The van der Waals surface area contributed by atoms with Gasteiger partial charge in [0.05, 0.1) is 19.3 Å². The van der Waals surface area contributed by atoms with Gasteiger partial charge < -0.3 is 14.4 Å². The summed E-state index contributed by atoms with van der Waals surface area (Å²) >= 11 is 0. The van der Waals surface area contributed by atoms with Gasteiger partial charge in [0.2, 0.25) is 11.8 Å². The highest BCUT2D eigenvalue weighted by Gasteiger charge is 2.28. The molecule has 24 heavy (non-hydrogen) atoms. The molecule has 0 spiro atoms. The van der Waals surface area contributed by atoms with E-state index in [1.165, 1.54) is 7.11 Å². The lowest BCUT2D eigenvalue weighted by atomic mass is 10.1. The number of aromatic nitrogens is 4. The number of ether oxygens (including phenoxy) is 2. The van der Waals surface area contributed by atoms with Gasteiger partial charge in [-0.2, -0.15) is 5.10 Å². The van der Waals surface area contributed by atoms with E-state index in [0.717, 1.165) is 18.5 Å². The third kappa shape index (κ3) is 3.47. The highest BCUT2D eigenvalue weighted by Crippen LogP contribution is 2.22. The van der Waals surface area contributed by atoms with Gasteiger partial charge in [0, 0.05) is 25.9 Å². The minimum Gasteiger partial charge on any atom is -0.479 e. The van der Waals surface area contributed by atoms with E-state index in [2.05, 4.69) is 15.3 Å². The Morgan fingerprint density at radius 2 is 2.17 bits per heavy atom. The molecule has 0 aliphatic carbocycles. The fraction of sp³-hybridized carbons (Fsp3) is 0.500. The third-order valence-corrected chi connectivity index (χ3v) is 3.94.